The summed E-state index contributed by atoms with van der Waals surface area (Å²) in [4.78, 5) is 16.8. The Balaban J connectivity index is 2.12. The van der Waals surface area contributed by atoms with Crippen LogP contribution in [-0.4, -0.2) is 27.2 Å². The molecule has 0 saturated carbocycles. The molecule has 114 valence electrons. The zero-order valence-electron chi connectivity index (χ0n) is 13.4. The number of hydrogen-bond donors (Lipinski definition) is 1. The number of rotatable bonds is 6. The number of carbonyl (C=O) groups excluding carboxylic acids is 1. The quantitative estimate of drug-likeness (QED) is 0.831. The lowest BCUT2D eigenvalue weighted by Crippen LogP contribution is -2.25. The van der Waals surface area contributed by atoms with Crippen molar-refractivity contribution in [3.8, 4) is 0 Å². The Kier molecular flexibility index (Phi) is 4.94. The molecule has 2 aromatic rings. The molecule has 2 heterocycles. The number of amides is 1. The van der Waals surface area contributed by atoms with Crippen LogP contribution in [0.1, 0.15) is 54.4 Å². The van der Waals surface area contributed by atoms with Crippen molar-refractivity contribution in [2.75, 3.05) is 6.54 Å². The monoisotopic (exact) mass is 288 g/mol. The fourth-order valence-electron chi connectivity index (χ4n) is 2.51. The van der Waals surface area contributed by atoms with Gasteiger partial charge in [0.25, 0.3) is 5.91 Å². The highest BCUT2D eigenvalue weighted by Gasteiger charge is 2.14. The van der Waals surface area contributed by atoms with Crippen molar-refractivity contribution in [3.05, 3.63) is 23.0 Å². The Bertz CT molecular complexity index is 645. The molecule has 0 atom stereocenters. The van der Waals surface area contributed by atoms with E-state index in [2.05, 4.69) is 22.3 Å². The van der Waals surface area contributed by atoms with Crippen LogP contribution in [0.25, 0.3) is 11.0 Å². The lowest BCUT2D eigenvalue weighted by Gasteiger charge is -2.08. The average Bonchev–Trinajstić information content (AvgIpc) is 2.72. The van der Waals surface area contributed by atoms with Crippen molar-refractivity contribution in [2.24, 2.45) is 7.05 Å². The summed E-state index contributed by atoms with van der Waals surface area (Å²) in [6, 6.07) is 1.90. The predicted octanol–water partition coefficient (Wildman–Crippen LogP) is 2.90. The Morgan fingerprint density at radius 1 is 1.24 bits per heavy atom. The molecule has 0 bridgehead atoms. The zero-order valence-corrected chi connectivity index (χ0v) is 13.4. The number of pyridine rings is 1. The van der Waals surface area contributed by atoms with Gasteiger partial charge < -0.3 is 5.32 Å². The second kappa shape index (κ2) is 6.70. The van der Waals surface area contributed by atoms with Crippen LogP contribution in [-0.2, 0) is 7.05 Å². The number of fused-ring (bicyclic) bond motifs is 1. The van der Waals surface area contributed by atoms with Crippen LogP contribution in [0.4, 0.5) is 0 Å². The van der Waals surface area contributed by atoms with Gasteiger partial charge in [0, 0.05) is 19.0 Å². The molecule has 0 aliphatic rings. The number of aryl methyl sites for hydroxylation is 3. The first-order chi connectivity index (χ1) is 10.0. The van der Waals surface area contributed by atoms with E-state index in [1.807, 2.05) is 27.0 Å². The van der Waals surface area contributed by atoms with E-state index in [9.17, 15) is 4.79 Å². The van der Waals surface area contributed by atoms with Crippen molar-refractivity contribution >= 4 is 16.9 Å². The second-order valence-corrected chi connectivity index (χ2v) is 5.52. The van der Waals surface area contributed by atoms with Crippen LogP contribution >= 0.6 is 0 Å². The molecule has 0 radical (unpaired) electrons. The average molecular weight is 288 g/mol. The molecular weight excluding hydrogens is 264 g/mol. The lowest BCUT2D eigenvalue weighted by atomic mass is 10.1. The molecule has 1 N–H and O–H groups in total. The van der Waals surface area contributed by atoms with Crippen molar-refractivity contribution in [1.82, 2.24) is 20.1 Å². The molecule has 0 aliphatic heterocycles. The van der Waals surface area contributed by atoms with Gasteiger partial charge in [0.15, 0.2) is 5.65 Å². The minimum absolute atomic E-state index is 0.0401. The summed E-state index contributed by atoms with van der Waals surface area (Å²) in [7, 11) is 1.87. The van der Waals surface area contributed by atoms with Crippen LogP contribution in [0.3, 0.4) is 0 Å². The fraction of sp³-hybridized carbons (Fsp3) is 0.562. The summed E-state index contributed by atoms with van der Waals surface area (Å²) in [5.41, 5.74) is 3.12. The summed E-state index contributed by atoms with van der Waals surface area (Å²) in [6.45, 7) is 6.71. The van der Waals surface area contributed by atoms with Gasteiger partial charge in [-0.05, 0) is 26.3 Å². The third kappa shape index (κ3) is 3.40. The second-order valence-electron chi connectivity index (χ2n) is 5.52. The van der Waals surface area contributed by atoms with E-state index in [1.54, 1.807) is 4.68 Å². The molecule has 5 heteroatoms. The van der Waals surface area contributed by atoms with E-state index in [0.29, 0.717) is 5.56 Å². The van der Waals surface area contributed by atoms with Gasteiger partial charge >= 0.3 is 0 Å². The number of aromatic nitrogens is 3. The van der Waals surface area contributed by atoms with Crippen LogP contribution in [0.2, 0.25) is 0 Å². The predicted molar refractivity (Wildman–Crippen MR) is 84.5 cm³/mol. The van der Waals surface area contributed by atoms with Gasteiger partial charge in [-0.25, -0.2) is 4.98 Å². The highest BCUT2D eigenvalue weighted by Crippen LogP contribution is 2.19. The molecule has 5 nitrogen and oxygen atoms in total. The SMILES string of the molecule is CCCCCCNC(=O)c1cc2c(C)nn(C)c2nc1C. The minimum Gasteiger partial charge on any atom is -0.352 e. The van der Waals surface area contributed by atoms with Gasteiger partial charge in [-0.3, -0.25) is 9.48 Å². The van der Waals surface area contributed by atoms with Crippen molar-refractivity contribution in [2.45, 2.75) is 46.5 Å². The van der Waals surface area contributed by atoms with E-state index < -0.39 is 0 Å². The summed E-state index contributed by atoms with van der Waals surface area (Å²) >= 11 is 0. The Hall–Kier alpha value is -1.91. The van der Waals surface area contributed by atoms with Gasteiger partial charge in [-0.15, -0.1) is 0 Å². The first-order valence-electron chi connectivity index (χ1n) is 7.63. The van der Waals surface area contributed by atoms with Crippen molar-refractivity contribution in [1.29, 1.82) is 0 Å². The van der Waals surface area contributed by atoms with E-state index in [0.717, 1.165) is 41.8 Å². The molecular formula is C16H24N4O. The molecule has 0 unspecified atom stereocenters. The van der Waals surface area contributed by atoms with Gasteiger partial charge in [0.1, 0.15) is 0 Å². The topological polar surface area (TPSA) is 59.8 Å². The van der Waals surface area contributed by atoms with Gasteiger partial charge in [-0.2, -0.15) is 5.10 Å². The fourth-order valence-corrected chi connectivity index (χ4v) is 2.51. The van der Waals surface area contributed by atoms with Crippen molar-refractivity contribution in [3.63, 3.8) is 0 Å². The standard InChI is InChI=1S/C16H24N4O/c1-5-6-7-8-9-17-16(21)14-10-13-12(3)19-20(4)15(13)18-11(14)2/h10H,5-9H2,1-4H3,(H,17,21). The molecule has 2 aromatic heterocycles. The van der Waals surface area contributed by atoms with Crippen molar-refractivity contribution < 1.29 is 4.79 Å². The summed E-state index contributed by atoms with van der Waals surface area (Å²) in [5.74, 6) is -0.0401. The molecule has 0 saturated heterocycles. The minimum atomic E-state index is -0.0401. The normalized spacial score (nSPS) is 11.0. The highest BCUT2D eigenvalue weighted by molar-refractivity contribution is 5.98. The van der Waals surface area contributed by atoms with Gasteiger partial charge in [-0.1, -0.05) is 26.2 Å². The Labute approximate surface area is 125 Å². The number of unbranched alkanes of at least 4 members (excludes halogenated alkanes) is 3. The molecule has 0 aromatic carbocycles. The van der Waals surface area contributed by atoms with E-state index in [4.69, 9.17) is 0 Å². The first-order valence-corrected chi connectivity index (χ1v) is 7.63. The van der Waals surface area contributed by atoms with Crippen LogP contribution in [0, 0.1) is 13.8 Å². The molecule has 1 amide bonds. The van der Waals surface area contributed by atoms with E-state index in [-0.39, 0.29) is 5.91 Å². The number of nitrogens with one attached hydrogen (secondary N) is 1. The largest absolute Gasteiger partial charge is 0.352 e. The summed E-state index contributed by atoms with van der Waals surface area (Å²) in [6.07, 6.45) is 4.61. The number of carbonyl (C=O) groups is 1. The Morgan fingerprint density at radius 2 is 2.00 bits per heavy atom. The van der Waals surface area contributed by atoms with Gasteiger partial charge in [0.2, 0.25) is 0 Å². The lowest BCUT2D eigenvalue weighted by molar-refractivity contribution is 0.0952. The number of hydrogen-bond acceptors (Lipinski definition) is 3. The van der Waals surface area contributed by atoms with Gasteiger partial charge in [0.05, 0.1) is 17.0 Å². The van der Waals surface area contributed by atoms with Crippen LogP contribution in [0.5, 0.6) is 0 Å². The molecule has 0 aliphatic carbocycles. The molecule has 0 spiro atoms. The van der Waals surface area contributed by atoms with E-state index in [1.165, 1.54) is 12.8 Å². The third-order valence-corrected chi connectivity index (χ3v) is 3.75. The summed E-state index contributed by atoms with van der Waals surface area (Å²) < 4.78 is 1.75. The molecule has 2 rings (SSSR count). The molecule has 0 fully saturated rings. The number of nitrogens with zero attached hydrogens (tertiary/aromatic N) is 3. The van der Waals surface area contributed by atoms with Crippen LogP contribution < -0.4 is 5.32 Å². The smallest absolute Gasteiger partial charge is 0.253 e. The zero-order chi connectivity index (χ0) is 15.4. The maximum Gasteiger partial charge on any atom is 0.253 e. The molecule has 21 heavy (non-hydrogen) atoms. The maximum absolute atomic E-state index is 12.3. The maximum atomic E-state index is 12.3. The highest BCUT2D eigenvalue weighted by atomic mass is 16.1. The first kappa shape index (κ1) is 15.5. The van der Waals surface area contributed by atoms with E-state index >= 15 is 0 Å². The Morgan fingerprint density at radius 3 is 2.71 bits per heavy atom. The van der Waals surface area contributed by atoms with Crippen LogP contribution in [0.15, 0.2) is 6.07 Å². The third-order valence-electron chi connectivity index (χ3n) is 3.75. The summed E-state index contributed by atoms with van der Waals surface area (Å²) in [5, 5.41) is 8.28.